The molecule has 0 aromatic heterocycles. The molecule has 0 bridgehead atoms. The van der Waals surface area contributed by atoms with Crippen molar-refractivity contribution in [3.8, 4) is 0 Å². The Labute approximate surface area is 145 Å². The molecule has 0 aliphatic carbocycles. The predicted molar refractivity (Wildman–Crippen MR) is 94.6 cm³/mol. The van der Waals surface area contributed by atoms with Crippen molar-refractivity contribution in [1.82, 2.24) is 4.90 Å². The Bertz CT molecular complexity index is 690. The summed E-state index contributed by atoms with van der Waals surface area (Å²) in [5, 5.41) is 0.00676. The fourth-order valence-electron chi connectivity index (χ4n) is 2.60. The molecule has 1 atom stereocenters. The Kier molecular flexibility index (Phi) is 5.54. The molecule has 2 aromatic carbocycles. The molecule has 2 amide bonds. The van der Waals surface area contributed by atoms with Crippen molar-refractivity contribution in [1.29, 1.82) is 0 Å². The molecule has 0 spiro atoms. The lowest BCUT2D eigenvalue weighted by molar-refractivity contribution is -0.127. The van der Waals surface area contributed by atoms with Gasteiger partial charge in [0.25, 0.3) is 0 Å². The topological polar surface area (TPSA) is 46.6 Å². The molecular formula is C19H19NO3S. The zero-order valence-electron chi connectivity index (χ0n) is 13.3. The van der Waals surface area contributed by atoms with E-state index in [1.54, 1.807) is 11.8 Å². The molecule has 1 aliphatic rings. The number of nitrogens with zero attached hydrogens (tertiary/aromatic N) is 1. The molecule has 24 heavy (non-hydrogen) atoms. The molecule has 124 valence electrons. The summed E-state index contributed by atoms with van der Waals surface area (Å²) in [6, 6.07) is 20.1. The SMILES string of the molecule is O=C(C[C@@H](SCc1ccccc1)c1ccccc1)N1CCOC1=O. The number of imide groups is 1. The summed E-state index contributed by atoms with van der Waals surface area (Å²) in [5.74, 6) is 0.643. The van der Waals surface area contributed by atoms with Gasteiger partial charge in [0.15, 0.2) is 0 Å². The van der Waals surface area contributed by atoms with Crippen LogP contribution in [0.4, 0.5) is 4.79 Å². The van der Waals surface area contributed by atoms with Crippen LogP contribution in [0.1, 0.15) is 22.8 Å². The molecule has 0 radical (unpaired) electrons. The van der Waals surface area contributed by atoms with Crippen LogP contribution in [-0.2, 0) is 15.3 Å². The zero-order chi connectivity index (χ0) is 16.8. The van der Waals surface area contributed by atoms with Crippen LogP contribution in [0.2, 0.25) is 0 Å². The van der Waals surface area contributed by atoms with E-state index in [4.69, 9.17) is 4.74 Å². The fraction of sp³-hybridized carbons (Fsp3) is 0.263. The molecule has 1 fully saturated rings. The number of cyclic esters (lactones) is 1. The lowest BCUT2D eigenvalue weighted by atomic mass is 10.1. The summed E-state index contributed by atoms with van der Waals surface area (Å²) < 4.78 is 4.86. The fourth-order valence-corrected chi connectivity index (χ4v) is 3.80. The minimum absolute atomic E-state index is 0.00676. The zero-order valence-corrected chi connectivity index (χ0v) is 14.1. The maximum atomic E-state index is 12.5. The van der Waals surface area contributed by atoms with Gasteiger partial charge in [-0.05, 0) is 11.1 Å². The third-order valence-electron chi connectivity index (χ3n) is 3.89. The van der Waals surface area contributed by atoms with Gasteiger partial charge in [-0.1, -0.05) is 60.7 Å². The largest absolute Gasteiger partial charge is 0.447 e. The maximum absolute atomic E-state index is 12.5. The van der Waals surface area contributed by atoms with Crippen LogP contribution in [0.15, 0.2) is 60.7 Å². The summed E-state index contributed by atoms with van der Waals surface area (Å²) in [6.07, 6.45) is -0.240. The second-order valence-electron chi connectivity index (χ2n) is 5.56. The van der Waals surface area contributed by atoms with Gasteiger partial charge in [0, 0.05) is 17.4 Å². The van der Waals surface area contributed by atoms with Crippen LogP contribution in [0.5, 0.6) is 0 Å². The molecule has 5 heteroatoms. The average molecular weight is 341 g/mol. The Hall–Kier alpha value is -2.27. The van der Waals surface area contributed by atoms with E-state index in [0.29, 0.717) is 6.54 Å². The van der Waals surface area contributed by atoms with Crippen molar-refractivity contribution in [2.75, 3.05) is 13.2 Å². The first-order chi connectivity index (χ1) is 11.7. The van der Waals surface area contributed by atoms with Crippen molar-refractivity contribution >= 4 is 23.8 Å². The van der Waals surface area contributed by atoms with E-state index in [-0.39, 0.29) is 24.2 Å². The highest BCUT2D eigenvalue weighted by Crippen LogP contribution is 2.35. The number of thioether (sulfide) groups is 1. The highest BCUT2D eigenvalue weighted by Gasteiger charge is 2.30. The van der Waals surface area contributed by atoms with E-state index in [0.717, 1.165) is 11.3 Å². The van der Waals surface area contributed by atoms with E-state index in [1.807, 2.05) is 48.5 Å². The Balaban J connectivity index is 1.70. The van der Waals surface area contributed by atoms with Crippen LogP contribution in [0.3, 0.4) is 0 Å². The van der Waals surface area contributed by atoms with E-state index < -0.39 is 6.09 Å². The number of rotatable bonds is 6. The molecule has 3 rings (SSSR count). The number of amides is 2. The number of carbonyl (C=O) groups is 2. The van der Waals surface area contributed by atoms with Crippen molar-refractivity contribution in [3.63, 3.8) is 0 Å². The quantitative estimate of drug-likeness (QED) is 0.796. The Morgan fingerprint density at radius 3 is 2.38 bits per heavy atom. The molecule has 0 saturated carbocycles. The van der Waals surface area contributed by atoms with Crippen LogP contribution in [0, 0.1) is 0 Å². The van der Waals surface area contributed by atoms with Crippen molar-refractivity contribution in [3.05, 3.63) is 71.8 Å². The summed E-state index contributed by atoms with van der Waals surface area (Å²) in [4.78, 5) is 25.3. The van der Waals surface area contributed by atoms with Gasteiger partial charge in [0.1, 0.15) is 6.61 Å². The van der Waals surface area contributed by atoms with Gasteiger partial charge in [0.05, 0.1) is 6.54 Å². The van der Waals surface area contributed by atoms with Gasteiger partial charge in [0.2, 0.25) is 5.91 Å². The average Bonchev–Trinajstić information content (AvgIpc) is 3.06. The molecule has 2 aromatic rings. The van der Waals surface area contributed by atoms with Gasteiger partial charge >= 0.3 is 6.09 Å². The molecular weight excluding hydrogens is 322 g/mol. The van der Waals surface area contributed by atoms with Gasteiger partial charge in [-0.2, -0.15) is 0 Å². The van der Waals surface area contributed by atoms with E-state index >= 15 is 0 Å². The maximum Gasteiger partial charge on any atom is 0.416 e. The van der Waals surface area contributed by atoms with Crippen molar-refractivity contribution in [2.24, 2.45) is 0 Å². The van der Waals surface area contributed by atoms with Crippen LogP contribution in [0.25, 0.3) is 0 Å². The summed E-state index contributed by atoms with van der Waals surface area (Å²) in [7, 11) is 0. The van der Waals surface area contributed by atoms with E-state index in [1.165, 1.54) is 10.5 Å². The van der Waals surface area contributed by atoms with Crippen molar-refractivity contribution in [2.45, 2.75) is 17.4 Å². The first-order valence-corrected chi connectivity index (χ1v) is 8.96. The van der Waals surface area contributed by atoms with Crippen molar-refractivity contribution < 1.29 is 14.3 Å². The molecule has 0 unspecified atom stereocenters. The molecule has 0 N–H and O–H groups in total. The standard InChI is InChI=1S/C19H19NO3S/c21-18(20-11-12-23-19(20)22)13-17(16-9-5-2-6-10-16)24-14-15-7-3-1-4-8-15/h1-10,17H,11-14H2/t17-/m1/s1. The number of hydrogen-bond donors (Lipinski definition) is 0. The predicted octanol–water partition coefficient (Wildman–Crippen LogP) is 4.03. The minimum Gasteiger partial charge on any atom is -0.447 e. The monoisotopic (exact) mass is 341 g/mol. The minimum atomic E-state index is -0.528. The molecule has 1 aliphatic heterocycles. The van der Waals surface area contributed by atoms with Crippen LogP contribution < -0.4 is 0 Å². The van der Waals surface area contributed by atoms with Gasteiger partial charge in [-0.15, -0.1) is 11.8 Å². The highest BCUT2D eigenvalue weighted by molar-refractivity contribution is 7.98. The van der Waals surface area contributed by atoms with E-state index in [2.05, 4.69) is 12.1 Å². The lowest BCUT2D eigenvalue weighted by Crippen LogP contribution is -2.32. The molecule has 1 saturated heterocycles. The van der Waals surface area contributed by atoms with Gasteiger partial charge in [-0.25, -0.2) is 9.69 Å². The Morgan fingerprint density at radius 1 is 1.08 bits per heavy atom. The number of ether oxygens (including phenoxy) is 1. The van der Waals surface area contributed by atoms with Gasteiger partial charge < -0.3 is 4.74 Å². The number of hydrogen-bond acceptors (Lipinski definition) is 4. The Morgan fingerprint density at radius 2 is 1.75 bits per heavy atom. The molecule has 1 heterocycles. The molecule has 4 nitrogen and oxygen atoms in total. The first kappa shape index (κ1) is 16.6. The number of carbonyl (C=O) groups excluding carboxylic acids is 2. The normalized spacial score (nSPS) is 15.2. The smallest absolute Gasteiger partial charge is 0.416 e. The first-order valence-electron chi connectivity index (χ1n) is 7.91. The highest BCUT2D eigenvalue weighted by atomic mass is 32.2. The lowest BCUT2D eigenvalue weighted by Gasteiger charge is -2.19. The van der Waals surface area contributed by atoms with Crippen LogP contribution >= 0.6 is 11.8 Å². The summed E-state index contributed by atoms with van der Waals surface area (Å²) in [5.41, 5.74) is 2.32. The number of benzene rings is 2. The second kappa shape index (κ2) is 8.02. The van der Waals surface area contributed by atoms with Gasteiger partial charge in [-0.3, -0.25) is 4.79 Å². The summed E-state index contributed by atoms with van der Waals surface area (Å²) >= 11 is 1.72. The second-order valence-corrected chi connectivity index (χ2v) is 6.75. The summed E-state index contributed by atoms with van der Waals surface area (Å²) in [6.45, 7) is 0.639. The van der Waals surface area contributed by atoms with Crippen LogP contribution in [-0.4, -0.2) is 30.1 Å². The third-order valence-corrected chi connectivity index (χ3v) is 5.23. The van der Waals surface area contributed by atoms with E-state index in [9.17, 15) is 9.59 Å². The third kappa shape index (κ3) is 4.17.